The monoisotopic (exact) mass is 251 g/mol. The Bertz CT molecular complexity index is 487. The fourth-order valence-electron chi connectivity index (χ4n) is 1.35. The molecule has 0 unspecified atom stereocenters. The van der Waals surface area contributed by atoms with Crippen molar-refractivity contribution in [3.8, 4) is 5.88 Å². The van der Waals surface area contributed by atoms with E-state index in [1.807, 2.05) is 12.4 Å². The minimum Gasteiger partial charge on any atom is -0.476 e. The van der Waals surface area contributed by atoms with Crippen LogP contribution in [0.5, 0.6) is 5.88 Å². The van der Waals surface area contributed by atoms with Crippen LogP contribution < -0.4 is 4.74 Å². The number of thiazole rings is 1. The fourth-order valence-corrected chi connectivity index (χ4v) is 2.11. The van der Waals surface area contributed by atoms with Gasteiger partial charge in [-0.15, -0.1) is 11.3 Å². The molecule has 0 saturated heterocycles. The molecule has 2 aromatic rings. The third-order valence-electron chi connectivity index (χ3n) is 2.25. The Hall–Kier alpha value is -1.53. The summed E-state index contributed by atoms with van der Waals surface area (Å²) < 4.78 is 5.47. The van der Waals surface area contributed by atoms with Crippen molar-refractivity contribution in [2.75, 3.05) is 6.61 Å². The molecule has 0 radical (unpaired) electrons. The molecule has 0 aliphatic carbocycles. The van der Waals surface area contributed by atoms with Crippen molar-refractivity contribution in [1.29, 1.82) is 0 Å². The SMILES string of the molecule is Cc1ncsc1CCOc1cncc(CO)n1. The quantitative estimate of drug-likeness (QED) is 0.869. The lowest BCUT2D eigenvalue weighted by Crippen LogP contribution is -2.04. The first kappa shape index (κ1) is 11.9. The number of nitrogens with zero attached hydrogens (tertiary/aromatic N) is 3. The second-order valence-electron chi connectivity index (χ2n) is 3.47. The average Bonchev–Trinajstić information content (AvgIpc) is 2.76. The number of rotatable bonds is 5. The lowest BCUT2D eigenvalue weighted by Gasteiger charge is -2.04. The van der Waals surface area contributed by atoms with Gasteiger partial charge in [-0.1, -0.05) is 0 Å². The summed E-state index contributed by atoms with van der Waals surface area (Å²) in [5.41, 5.74) is 3.39. The van der Waals surface area contributed by atoms with E-state index in [0.29, 0.717) is 18.2 Å². The Balaban J connectivity index is 1.87. The summed E-state index contributed by atoms with van der Waals surface area (Å²) in [5, 5.41) is 8.91. The molecule has 0 atom stereocenters. The average molecular weight is 251 g/mol. The van der Waals surface area contributed by atoms with E-state index in [1.54, 1.807) is 17.5 Å². The first-order valence-corrected chi connectivity index (χ1v) is 6.11. The first-order chi connectivity index (χ1) is 8.29. The van der Waals surface area contributed by atoms with Crippen LogP contribution in [0.4, 0.5) is 0 Å². The topological polar surface area (TPSA) is 68.1 Å². The standard InChI is InChI=1S/C11H13N3O2S/c1-8-10(17-7-13-8)2-3-16-11-5-12-4-9(6-15)14-11/h4-5,7,15H,2-3,6H2,1H3. The summed E-state index contributed by atoms with van der Waals surface area (Å²) in [5.74, 6) is 0.443. The molecule has 2 rings (SSSR count). The molecule has 90 valence electrons. The van der Waals surface area contributed by atoms with Crippen molar-refractivity contribution >= 4 is 11.3 Å². The van der Waals surface area contributed by atoms with E-state index in [9.17, 15) is 0 Å². The Morgan fingerprint density at radius 3 is 3.00 bits per heavy atom. The van der Waals surface area contributed by atoms with Crippen molar-refractivity contribution in [3.05, 3.63) is 34.2 Å². The molecule has 0 spiro atoms. The highest BCUT2D eigenvalue weighted by Gasteiger charge is 2.03. The predicted octanol–water partition coefficient (Wildman–Crippen LogP) is 1.36. The number of hydrogen-bond acceptors (Lipinski definition) is 6. The fraction of sp³-hybridized carbons (Fsp3) is 0.364. The summed E-state index contributed by atoms with van der Waals surface area (Å²) >= 11 is 1.63. The molecular weight excluding hydrogens is 238 g/mol. The van der Waals surface area contributed by atoms with Gasteiger partial charge < -0.3 is 9.84 Å². The van der Waals surface area contributed by atoms with E-state index in [4.69, 9.17) is 9.84 Å². The van der Waals surface area contributed by atoms with Gasteiger partial charge in [0.25, 0.3) is 0 Å². The highest BCUT2D eigenvalue weighted by Crippen LogP contribution is 2.13. The van der Waals surface area contributed by atoms with E-state index in [2.05, 4.69) is 15.0 Å². The summed E-state index contributed by atoms with van der Waals surface area (Å²) in [6.07, 6.45) is 3.86. The number of aliphatic hydroxyl groups excluding tert-OH is 1. The van der Waals surface area contributed by atoms with E-state index >= 15 is 0 Å². The van der Waals surface area contributed by atoms with Crippen LogP contribution >= 0.6 is 11.3 Å². The largest absolute Gasteiger partial charge is 0.476 e. The van der Waals surface area contributed by atoms with Gasteiger partial charge in [-0.3, -0.25) is 4.98 Å². The molecule has 0 aliphatic rings. The molecule has 5 nitrogen and oxygen atoms in total. The highest BCUT2D eigenvalue weighted by atomic mass is 32.1. The van der Waals surface area contributed by atoms with Crippen molar-refractivity contribution in [3.63, 3.8) is 0 Å². The summed E-state index contributed by atoms with van der Waals surface area (Å²) in [7, 11) is 0. The Morgan fingerprint density at radius 2 is 2.29 bits per heavy atom. The third-order valence-corrected chi connectivity index (χ3v) is 3.24. The Labute approximate surface area is 103 Å². The zero-order valence-corrected chi connectivity index (χ0v) is 10.3. The van der Waals surface area contributed by atoms with Gasteiger partial charge in [0.1, 0.15) is 0 Å². The lowest BCUT2D eigenvalue weighted by molar-refractivity contribution is 0.268. The molecule has 0 fully saturated rings. The van der Waals surface area contributed by atoms with Gasteiger partial charge in [-0.05, 0) is 6.92 Å². The Kier molecular flexibility index (Phi) is 4.00. The van der Waals surface area contributed by atoms with Gasteiger partial charge in [0.2, 0.25) is 5.88 Å². The van der Waals surface area contributed by atoms with Gasteiger partial charge in [-0.25, -0.2) is 9.97 Å². The van der Waals surface area contributed by atoms with Crippen molar-refractivity contribution in [2.24, 2.45) is 0 Å². The van der Waals surface area contributed by atoms with Gasteiger partial charge in [0.05, 0.1) is 42.5 Å². The normalized spacial score (nSPS) is 10.5. The molecular formula is C11H13N3O2S. The predicted molar refractivity (Wildman–Crippen MR) is 64.0 cm³/mol. The third kappa shape index (κ3) is 3.21. The molecule has 6 heteroatoms. The number of aryl methyl sites for hydroxylation is 1. The first-order valence-electron chi connectivity index (χ1n) is 5.23. The molecule has 0 aliphatic heterocycles. The second kappa shape index (κ2) is 5.70. The number of aliphatic hydroxyl groups is 1. The van der Waals surface area contributed by atoms with Crippen molar-refractivity contribution in [2.45, 2.75) is 20.0 Å². The van der Waals surface area contributed by atoms with Crippen LogP contribution in [0, 0.1) is 6.92 Å². The van der Waals surface area contributed by atoms with E-state index in [-0.39, 0.29) is 6.61 Å². The second-order valence-corrected chi connectivity index (χ2v) is 4.41. The van der Waals surface area contributed by atoms with E-state index in [0.717, 1.165) is 12.1 Å². The van der Waals surface area contributed by atoms with Crippen LogP contribution in [-0.2, 0) is 13.0 Å². The van der Waals surface area contributed by atoms with Crippen molar-refractivity contribution in [1.82, 2.24) is 15.0 Å². The number of aromatic nitrogens is 3. The molecule has 0 aromatic carbocycles. The van der Waals surface area contributed by atoms with E-state index < -0.39 is 0 Å². The highest BCUT2D eigenvalue weighted by molar-refractivity contribution is 7.09. The zero-order valence-electron chi connectivity index (χ0n) is 9.46. The van der Waals surface area contributed by atoms with Crippen LogP contribution in [0.1, 0.15) is 16.3 Å². The maximum Gasteiger partial charge on any atom is 0.232 e. The van der Waals surface area contributed by atoms with Crippen LogP contribution in [0.25, 0.3) is 0 Å². The smallest absolute Gasteiger partial charge is 0.232 e. The van der Waals surface area contributed by atoms with Gasteiger partial charge in [0, 0.05) is 11.3 Å². The number of ether oxygens (including phenoxy) is 1. The van der Waals surface area contributed by atoms with Crippen LogP contribution in [0.15, 0.2) is 17.9 Å². The molecule has 17 heavy (non-hydrogen) atoms. The van der Waals surface area contributed by atoms with E-state index in [1.165, 1.54) is 11.1 Å². The van der Waals surface area contributed by atoms with Crippen LogP contribution in [-0.4, -0.2) is 26.7 Å². The summed E-state index contributed by atoms with van der Waals surface area (Å²) in [4.78, 5) is 13.4. The molecule has 0 bridgehead atoms. The van der Waals surface area contributed by atoms with Gasteiger partial charge in [0.15, 0.2) is 0 Å². The molecule has 1 N–H and O–H groups in total. The zero-order chi connectivity index (χ0) is 12.1. The molecule has 2 aromatic heterocycles. The molecule has 2 heterocycles. The maximum absolute atomic E-state index is 8.91. The van der Waals surface area contributed by atoms with Gasteiger partial charge in [-0.2, -0.15) is 0 Å². The maximum atomic E-state index is 8.91. The summed E-state index contributed by atoms with van der Waals surface area (Å²) in [6.45, 7) is 2.39. The van der Waals surface area contributed by atoms with Crippen molar-refractivity contribution < 1.29 is 9.84 Å². The molecule has 0 saturated carbocycles. The number of hydrogen-bond donors (Lipinski definition) is 1. The minimum absolute atomic E-state index is 0.127. The van der Waals surface area contributed by atoms with Crippen LogP contribution in [0.2, 0.25) is 0 Å². The lowest BCUT2D eigenvalue weighted by atomic mass is 10.3. The van der Waals surface area contributed by atoms with Gasteiger partial charge >= 0.3 is 0 Å². The minimum atomic E-state index is -0.127. The molecule has 0 amide bonds. The Morgan fingerprint density at radius 1 is 1.41 bits per heavy atom. The van der Waals surface area contributed by atoms with Crippen LogP contribution in [0.3, 0.4) is 0 Å². The summed E-state index contributed by atoms with van der Waals surface area (Å²) in [6, 6.07) is 0.